The topological polar surface area (TPSA) is 32.3 Å². The maximum atomic E-state index is 12.2. The van der Waals surface area contributed by atoms with Crippen LogP contribution in [0.4, 0.5) is 11.4 Å². The number of hydrogen-bond donors (Lipinski definition) is 1. The third-order valence-electron chi connectivity index (χ3n) is 3.35. The van der Waals surface area contributed by atoms with Crippen molar-refractivity contribution >= 4 is 40.5 Å². The normalized spacial score (nSPS) is 10.4. The number of carbonyl (C=O) groups excluding carboxylic acids is 1. The Morgan fingerprint density at radius 1 is 1.09 bits per heavy atom. The highest BCUT2D eigenvalue weighted by atomic mass is 35.5. The third kappa shape index (κ3) is 4.15. The Balaban J connectivity index is 2.07. The monoisotopic (exact) mass is 336 g/mol. The molecule has 0 saturated heterocycles. The first-order valence-electron chi connectivity index (χ1n) is 6.88. The summed E-state index contributed by atoms with van der Waals surface area (Å²) >= 11 is 11.8. The molecule has 2 aromatic carbocycles. The zero-order valence-electron chi connectivity index (χ0n) is 12.8. The molecule has 3 nitrogen and oxygen atoms in total. The van der Waals surface area contributed by atoms with Crippen LogP contribution in [0.3, 0.4) is 0 Å². The Hall–Kier alpha value is -1.71. The average molecular weight is 337 g/mol. The van der Waals surface area contributed by atoms with Gasteiger partial charge in [-0.2, -0.15) is 0 Å². The number of amides is 1. The van der Waals surface area contributed by atoms with Crippen LogP contribution < -0.4 is 10.2 Å². The minimum absolute atomic E-state index is 0.0842. The minimum Gasteiger partial charge on any atom is -0.378 e. The van der Waals surface area contributed by atoms with E-state index < -0.39 is 0 Å². The molecule has 2 rings (SSSR count). The molecule has 0 aliphatic carbocycles. The zero-order chi connectivity index (χ0) is 16.3. The molecule has 0 saturated carbocycles. The smallest absolute Gasteiger partial charge is 0.228 e. The number of halogens is 2. The van der Waals surface area contributed by atoms with Crippen LogP contribution in [0.25, 0.3) is 0 Å². The lowest BCUT2D eigenvalue weighted by molar-refractivity contribution is -0.115. The summed E-state index contributed by atoms with van der Waals surface area (Å²) in [5.41, 5.74) is 3.76. The van der Waals surface area contributed by atoms with E-state index in [0.717, 1.165) is 22.5 Å². The fraction of sp³-hybridized carbons (Fsp3) is 0.235. The second-order valence-corrected chi connectivity index (χ2v) is 6.18. The predicted molar refractivity (Wildman–Crippen MR) is 94.3 cm³/mol. The first kappa shape index (κ1) is 16.7. The van der Waals surface area contributed by atoms with Crippen LogP contribution in [-0.4, -0.2) is 20.0 Å². The third-order valence-corrected chi connectivity index (χ3v) is 4.09. The zero-order valence-corrected chi connectivity index (χ0v) is 14.3. The van der Waals surface area contributed by atoms with Gasteiger partial charge in [0, 0.05) is 25.5 Å². The van der Waals surface area contributed by atoms with Gasteiger partial charge in [0.1, 0.15) is 0 Å². The summed E-state index contributed by atoms with van der Waals surface area (Å²) < 4.78 is 0. The first-order valence-corrected chi connectivity index (χ1v) is 7.64. The maximum Gasteiger partial charge on any atom is 0.228 e. The number of nitrogens with one attached hydrogen (secondary N) is 1. The molecule has 0 aliphatic heterocycles. The molecule has 0 fully saturated rings. The van der Waals surface area contributed by atoms with Gasteiger partial charge >= 0.3 is 0 Å². The molecule has 22 heavy (non-hydrogen) atoms. The van der Waals surface area contributed by atoms with E-state index in [1.807, 2.05) is 44.1 Å². The van der Waals surface area contributed by atoms with Gasteiger partial charge in [-0.05, 0) is 48.4 Å². The van der Waals surface area contributed by atoms with Crippen molar-refractivity contribution in [1.82, 2.24) is 0 Å². The number of hydrogen-bond acceptors (Lipinski definition) is 2. The van der Waals surface area contributed by atoms with Gasteiger partial charge in [-0.1, -0.05) is 29.3 Å². The fourth-order valence-corrected chi connectivity index (χ4v) is 2.42. The van der Waals surface area contributed by atoms with Gasteiger partial charge in [0.15, 0.2) is 0 Å². The van der Waals surface area contributed by atoms with Crippen LogP contribution in [-0.2, 0) is 11.2 Å². The van der Waals surface area contributed by atoms with E-state index in [4.69, 9.17) is 23.2 Å². The van der Waals surface area contributed by atoms with Gasteiger partial charge in [0.2, 0.25) is 5.91 Å². The lowest BCUT2D eigenvalue weighted by atomic mass is 10.1. The van der Waals surface area contributed by atoms with Crippen LogP contribution in [0.1, 0.15) is 11.1 Å². The molecule has 5 heteroatoms. The molecule has 0 heterocycles. The van der Waals surface area contributed by atoms with E-state index in [0.29, 0.717) is 10.0 Å². The largest absolute Gasteiger partial charge is 0.378 e. The van der Waals surface area contributed by atoms with Crippen molar-refractivity contribution in [3.8, 4) is 0 Å². The van der Waals surface area contributed by atoms with E-state index in [1.165, 1.54) is 0 Å². The van der Waals surface area contributed by atoms with Gasteiger partial charge in [-0.25, -0.2) is 0 Å². The highest BCUT2D eigenvalue weighted by molar-refractivity contribution is 6.42. The summed E-state index contributed by atoms with van der Waals surface area (Å²) in [5, 5.41) is 3.87. The van der Waals surface area contributed by atoms with Crippen LogP contribution >= 0.6 is 23.2 Å². The van der Waals surface area contributed by atoms with Crippen molar-refractivity contribution in [2.45, 2.75) is 13.3 Å². The van der Waals surface area contributed by atoms with Crippen molar-refractivity contribution in [3.63, 3.8) is 0 Å². The summed E-state index contributed by atoms with van der Waals surface area (Å²) in [6, 6.07) is 11.1. The number of carbonyl (C=O) groups is 1. The molecule has 0 unspecified atom stereocenters. The van der Waals surface area contributed by atoms with Crippen molar-refractivity contribution in [1.29, 1.82) is 0 Å². The van der Waals surface area contributed by atoms with Crippen molar-refractivity contribution in [2.75, 3.05) is 24.3 Å². The van der Waals surface area contributed by atoms with Crippen LogP contribution in [0.5, 0.6) is 0 Å². The van der Waals surface area contributed by atoms with Gasteiger partial charge in [-0.3, -0.25) is 4.79 Å². The lowest BCUT2D eigenvalue weighted by Crippen LogP contribution is -2.15. The minimum atomic E-state index is -0.0842. The number of nitrogens with zero attached hydrogens (tertiary/aromatic N) is 1. The molecule has 0 spiro atoms. The molecule has 0 bridgehead atoms. The highest BCUT2D eigenvalue weighted by Gasteiger charge is 2.08. The molecule has 1 amide bonds. The molecular formula is C17H18Cl2N2O. The number of aryl methyl sites for hydroxylation is 1. The summed E-state index contributed by atoms with van der Waals surface area (Å²) in [7, 11) is 3.97. The van der Waals surface area contributed by atoms with E-state index in [1.54, 1.807) is 18.2 Å². The van der Waals surface area contributed by atoms with Crippen molar-refractivity contribution in [2.24, 2.45) is 0 Å². The van der Waals surface area contributed by atoms with E-state index in [-0.39, 0.29) is 12.3 Å². The van der Waals surface area contributed by atoms with E-state index >= 15 is 0 Å². The Labute approximate surface area is 140 Å². The molecule has 0 aliphatic rings. The summed E-state index contributed by atoms with van der Waals surface area (Å²) in [5.74, 6) is -0.0842. The van der Waals surface area contributed by atoms with E-state index in [9.17, 15) is 4.79 Å². The van der Waals surface area contributed by atoms with Gasteiger partial charge in [0.25, 0.3) is 0 Å². The number of rotatable bonds is 4. The summed E-state index contributed by atoms with van der Waals surface area (Å²) in [4.78, 5) is 14.2. The molecule has 0 atom stereocenters. The summed E-state index contributed by atoms with van der Waals surface area (Å²) in [6.45, 7) is 1.97. The maximum absolute atomic E-state index is 12.2. The first-order chi connectivity index (χ1) is 10.4. The predicted octanol–water partition coefficient (Wildman–Crippen LogP) is 4.55. The second kappa shape index (κ2) is 7.03. The van der Waals surface area contributed by atoms with Crippen molar-refractivity contribution < 1.29 is 4.79 Å². The van der Waals surface area contributed by atoms with Gasteiger partial charge in [-0.15, -0.1) is 0 Å². The Morgan fingerprint density at radius 3 is 2.41 bits per heavy atom. The number of benzene rings is 2. The molecule has 1 N–H and O–H groups in total. The van der Waals surface area contributed by atoms with Gasteiger partial charge in [0.05, 0.1) is 16.5 Å². The van der Waals surface area contributed by atoms with Crippen LogP contribution in [0.15, 0.2) is 36.4 Å². The van der Waals surface area contributed by atoms with Crippen LogP contribution in [0, 0.1) is 6.92 Å². The molecule has 2 aromatic rings. The number of anilines is 2. The van der Waals surface area contributed by atoms with Crippen molar-refractivity contribution in [3.05, 3.63) is 57.6 Å². The molecule has 0 aromatic heterocycles. The summed E-state index contributed by atoms with van der Waals surface area (Å²) in [6.07, 6.45) is 0.256. The Kier molecular flexibility index (Phi) is 5.33. The van der Waals surface area contributed by atoms with E-state index in [2.05, 4.69) is 5.32 Å². The standard InChI is InChI=1S/C17H18Cl2N2O/c1-11-8-13(21(2)3)5-7-16(11)20-17(22)10-12-4-6-14(18)15(19)9-12/h4-9H,10H2,1-3H3,(H,20,22). The quantitative estimate of drug-likeness (QED) is 0.888. The van der Waals surface area contributed by atoms with Gasteiger partial charge < -0.3 is 10.2 Å². The van der Waals surface area contributed by atoms with Crippen LogP contribution in [0.2, 0.25) is 10.0 Å². The highest BCUT2D eigenvalue weighted by Crippen LogP contribution is 2.24. The Bertz CT molecular complexity index is 699. The SMILES string of the molecule is Cc1cc(N(C)C)ccc1NC(=O)Cc1ccc(Cl)c(Cl)c1. The molecular weight excluding hydrogens is 319 g/mol. The Morgan fingerprint density at radius 2 is 1.82 bits per heavy atom. The lowest BCUT2D eigenvalue weighted by Gasteiger charge is -2.15. The molecule has 0 radical (unpaired) electrons. The average Bonchev–Trinajstić information content (AvgIpc) is 2.45. The fourth-order valence-electron chi connectivity index (χ4n) is 2.10. The second-order valence-electron chi connectivity index (χ2n) is 5.37. The molecule has 116 valence electrons.